The Labute approximate surface area is 126 Å². The van der Waals surface area contributed by atoms with Crippen LogP contribution < -0.4 is 10.6 Å². The zero-order chi connectivity index (χ0) is 14.5. The Bertz CT molecular complexity index is 544. The first-order chi connectivity index (χ1) is 10.3. The monoisotopic (exact) mass is 285 g/mol. The Kier molecular flexibility index (Phi) is 4.40. The van der Waals surface area contributed by atoms with E-state index in [0.29, 0.717) is 0 Å². The van der Waals surface area contributed by atoms with E-state index in [-0.39, 0.29) is 0 Å². The van der Waals surface area contributed by atoms with E-state index in [1.54, 1.807) is 0 Å². The number of aromatic nitrogens is 2. The summed E-state index contributed by atoms with van der Waals surface area (Å²) in [7, 11) is 0. The first-order valence-corrected chi connectivity index (χ1v) is 7.60. The third kappa shape index (κ3) is 3.55. The van der Waals surface area contributed by atoms with Crippen LogP contribution in [0.3, 0.4) is 0 Å². The van der Waals surface area contributed by atoms with Gasteiger partial charge in [0.2, 0.25) is 0 Å². The fourth-order valence-corrected chi connectivity index (χ4v) is 2.88. The van der Waals surface area contributed by atoms with Gasteiger partial charge in [-0.15, -0.1) is 0 Å². The molecule has 112 valence electrons. The van der Waals surface area contributed by atoms with E-state index in [9.17, 15) is 0 Å². The standard InChI is InChI=1S/C16H23N5/c17-15-4-1-2-5-16(15)21-12-10-19(11-13-21)7-3-8-20-9-6-18-14-20/h1-2,4-6,9,14H,3,7-8,10-13,17H2. The molecule has 5 nitrogen and oxygen atoms in total. The number of piperazine rings is 1. The van der Waals surface area contributed by atoms with E-state index in [1.165, 1.54) is 12.1 Å². The molecule has 0 bridgehead atoms. The van der Waals surface area contributed by atoms with Crippen molar-refractivity contribution in [2.24, 2.45) is 0 Å². The molecule has 3 rings (SSSR count). The van der Waals surface area contributed by atoms with Gasteiger partial charge in [0.15, 0.2) is 0 Å². The van der Waals surface area contributed by atoms with Crippen LogP contribution in [0.1, 0.15) is 6.42 Å². The van der Waals surface area contributed by atoms with Crippen molar-refractivity contribution in [3.8, 4) is 0 Å². The zero-order valence-electron chi connectivity index (χ0n) is 12.4. The van der Waals surface area contributed by atoms with Gasteiger partial charge in [0.05, 0.1) is 17.7 Å². The molecular weight excluding hydrogens is 262 g/mol. The van der Waals surface area contributed by atoms with Crippen molar-refractivity contribution in [1.82, 2.24) is 14.5 Å². The van der Waals surface area contributed by atoms with Crippen molar-refractivity contribution in [3.63, 3.8) is 0 Å². The third-order valence-electron chi connectivity index (χ3n) is 4.10. The van der Waals surface area contributed by atoms with Crippen LogP contribution in [0.15, 0.2) is 43.0 Å². The van der Waals surface area contributed by atoms with E-state index >= 15 is 0 Å². The molecule has 5 heteroatoms. The van der Waals surface area contributed by atoms with Gasteiger partial charge in [-0.1, -0.05) is 12.1 Å². The van der Waals surface area contributed by atoms with Crippen molar-refractivity contribution in [2.45, 2.75) is 13.0 Å². The molecule has 0 atom stereocenters. The third-order valence-corrected chi connectivity index (χ3v) is 4.10. The Morgan fingerprint density at radius 2 is 1.86 bits per heavy atom. The zero-order valence-corrected chi connectivity index (χ0v) is 12.4. The Balaban J connectivity index is 1.44. The molecule has 1 aromatic carbocycles. The number of aryl methyl sites for hydroxylation is 1. The highest BCUT2D eigenvalue weighted by atomic mass is 15.3. The van der Waals surface area contributed by atoms with Crippen molar-refractivity contribution < 1.29 is 0 Å². The molecule has 2 aromatic rings. The summed E-state index contributed by atoms with van der Waals surface area (Å²) >= 11 is 0. The summed E-state index contributed by atoms with van der Waals surface area (Å²) in [6, 6.07) is 8.14. The summed E-state index contributed by atoms with van der Waals surface area (Å²) in [6.07, 6.45) is 6.92. The molecule has 1 aliphatic heterocycles. The van der Waals surface area contributed by atoms with Crippen LogP contribution in [-0.4, -0.2) is 47.2 Å². The minimum absolute atomic E-state index is 0.881. The second-order valence-corrected chi connectivity index (χ2v) is 5.54. The van der Waals surface area contributed by atoms with E-state index in [0.717, 1.165) is 45.0 Å². The molecule has 21 heavy (non-hydrogen) atoms. The maximum atomic E-state index is 6.06. The largest absolute Gasteiger partial charge is 0.397 e. The number of imidazole rings is 1. The number of anilines is 2. The van der Waals surface area contributed by atoms with Gasteiger partial charge in [-0.05, 0) is 25.1 Å². The molecular formula is C16H23N5. The number of rotatable bonds is 5. The molecule has 0 amide bonds. The van der Waals surface area contributed by atoms with Gasteiger partial charge in [-0.25, -0.2) is 4.98 Å². The highest BCUT2D eigenvalue weighted by molar-refractivity contribution is 5.67. The predicted molar refractivity (Wildman–Crippen MR) is 86.4 cm³/mol. The van der Waals surface area contributed by atoms with Gasteiger partial charge in [0, 0.05) is 45.1 Å². The minimum atomic E-state index is 0.881. The van der Waals surface area contributed by atoms with E-state index < -0.39 is 0 Å². The molecule has 0 spiro atoms. The summed E-state index contributed by atoms with van der Waals surface area (Å²) in [6.45, 7) is 6.53. The molecule has 2 heterocycles. The molecule has 0 saturated carbocycles. The summed E-state index contributed by atoms with van der Waals surface area (Å²) in [5.41, 5.74) is 8.11. The average molecular weight is 285 g/mol. The van der Waals surface area contributed by atoms with Gasteiger partial charge < -0.3 is 15.2 Å². The average Bonchev–Trinajstić information content (AvgIpc) is 3.02. The maximum absolute atomic E-state index is 6.06. The smallest absolute Gasteiger partial charge is 0.0945 e. The fourth-order valence-electron chi connectivity index (χ4n) is 2.88. The molecule has 2 N–H and O–H groups in total. The van der Waals surface area contributed by atoms with Crippen LogP contribution in [0.25, 0.3) is 0 Å². The number of nitrogen functional groups attached to an aromatic ring is 1. The van der Waals surface area contributed by atoms with Gasteiger partial charge >= 0.3 is 0 Å². The normalized spacial score (nSPS) is 16.3. The van der Waals surface area contributed by atoms with Crippen LogP contribution in [0.5, 0.6) is 0 Å². The van der Waals surface area contributed by atoms with Crippen LogP contribution in [0, 0.1) is 0 Å². The van der Waals surface area contributed by atoms with E-state index in [2.05, 4.69) is 31.5 Å². The van der Waals surface area contributed by atoms with Crippen LogP contribution in [0.2, 0.25) is 0 Å². The van der Waals surface area contributed by atoms with Gasteiger partial charge in [0.25, 0.3) is 0 Å². The van der Waals surface area contributed by atoms with Crippen molar-refractivity contribution >= 4 is 11.4 Å². The van der Waals surface area contributed by atoms with Gasteiger partial charge in [-0.3, -0.25) is 4.90 Å². The fraction of sp³-hybridized carbons (Fsp3) is 0.438. The first-order valence-electron chi connectivity index (χ1n) is 7.60. The number of para-hydroxylation sites is 2. The maximum Gasteiger partial charge on any atom is 0.0945 e. The Hall–Kier alpha value is -2.01. The summed E-state index contributed by atoms with van der Waals surface area (Å²) < 4.78 is 2.14. The van der Waals surface area contributed by atoms with Crippen LogP contribution in [0.4, 0.5) is 11.4 Å². The second-order valence-electron chi connectivity index (χ2n) is 5.54. The highest BCUT2D eigenvalue weighted by Gasteiger charge is 2.17. The number of hydrogen-bond acceptors (Lipinski definition) is 4. The molecule has 0 radical (unpaired) electrons. The number of nitrogens with zero attached hydrogens (tertiary/aromatic N) is 4. The Morgan fingerprint density at radius 1 is 1.05 bits per heavy atom. The summed E-state index contributed by atoms with van der Waals surface area (Å²) in [5, 5.41) is 0. The van der Waals surface area contributed by atoms with Crippen LogP contribution in [-0.2, 0) is 6.54 Å². The summed E-state index contributed by atoms with van der Waals surface area (Å²) in [4.78, 5) is 9.00. The number of benzene rings is 1. The SMILES string of the molecule is Nc1ccccc1N1CCN(CCCn2ccnc2)CC1. The minimum Gasteiger partial charge on any atom is -0.397 e. The molecule has 1 aliphatic rings. The van der Waals surface area contributed by atoms with Crippen molar-refractivity contribution in [2.75, 3.05) is 43.4 Å². The molecule has 1 saturated heterocycles. The topological polar surface area (TPSA) is 50.3 Å². The lowest BCUT2D eigenvalue weighted by Crippen LogP contribution is -2.46. The summed E-state index contributed by atoms with van der Waals surface area (Å²) in [5.74, 6) is 0. The highest BCUT2D eigenvalue weighted by Crippen LogP contribution is 2.23. The van der Waals surface area contributed by atoms with Crippen molar-refractivity contribution in [3.05, 3.63) is 43.0 Å². The van der Waals surface area contributed by atoms with E-state index in [4.69, 9.17) is 5.73 Å². The lowest BCUT2D eigenvalue weighted by Gasteiger charge is -2.36. The molecule has 0 aliphatic carbocycles. The Morgan fingerprint density at radius 3 is 2.57 bits per heavy atom. The molecule has 1 fully saturated rings. The molecule has 0 unspecified atom stereocenters. The van der Waals surface area contributed by atoms with E-state index in [1.807, 2.05) is 30.9 Å². The number of nitrogens with two attached hydrogens (primary N) is 1. The first kappa shape index (κ1) is 13.9. The second kappa shape index (κ2) is 6.63. The quantitative estimate of drug-likeness (QED) is 0.849. The van der Waals surface area contributed by atoms with Crippen molar-refractivity contribution in [1.29, 1.82) is 0 Å². The van der Waals surface area contributed by atoms with Gasteiger partial charge in [0.1, 0.15) is 0 Å². The lowest BCUT2D eigenvalue weighted by atomic mass is 10.2. The lowest BCUT2D eigenvalue weighted by molar-refractivity contribution is 0.250. The number of hydrogen-bond donors (Lipinski definition) is 1. The molecule has 1 aromatic heterocycles. The van der Waals surface area contributed by atoms with Gasteiger partial charge in [-0.2, -0.15) is 0 Å². The predicted octanol–water partition coefficient (Wildman–Crippen LogP) is 1.68. The van der Waals surface area contributed by atoms with Crippen LogP contribution >= 0.6 is 0 Å².